The van der Waals surface area contributed by atoms with Gasteiger partial charge in [0.05, 0.1) is 0 Å². The van der Waals surface area contributed by atoms with E-state index in [0.29, 0.717) is 0 Å². The van der Waals surface area contributed by atoms with E-state index in [1.165, 1.54) is 17.7 Å². The van der Waals surface area contributed by atoms with Gasteiger partial charge in [-0.1, -0.05) is 12.1 Å². The van der Waals surface area contributed by atoms with E-state index >= 15 is 0 Å². The predicted molar refractivity (Wildman–Crippen MR) is 57.9 cm³/mol. The Morgan fingerprint density at radius 3 is 2.21 bits per heavy atom. The highest BCUT2D eigenvalue weighted by atomic mass is 19.1. The highest BCUT2D eigenvalue weighted by Crippen LogP contribution is 2.04. The van der Waals surface area contributed by atoms with Gasteiger partial charge in [-0.2, -0.15) is 0 Å². The standard InChI is InChI=1S/C12H18FN/c1-12(2,3)14-9-8-10-4-6-11(13)7-5-10/h4-7,14H,8-9H2,1-3H3. The van der Waals surface area contributed by atoms with Crippen LogP contribution in [0, 0.1) is 5.82 Å². The minimum atomic E-state index is -0.169. The van der Waals surface area contributed by atoms with E-state index in [4.69, 9.17) is 0 Å². The molecule has 14 heavy (non-hydrogen) atoms. The lowest BCUT2D eigenvalue weighted by Crippen LogP contribution is -2.37. The average Bonchev–Trinajstić information content (AvgIpc) is 2.06. The summed E-state index contributed by atoms with van der Waals surface area (Å²) >= 11 is 0. The van der Waals surface area contributed by atoms with Gasteiger partial charge in [0.2, 0.25) is 0 Å². The molecule has 0 amide bonds. The first kappa shape index (κ1) is 11.2. The van der Waals surface area contributed by atoms with Crippen molar-refractivity contribution in [2.75, 3.05) is 6.54 Å². The Labute approximate surface area is 85.3 Å². The molecule has 1 aromatic rings. The molecule has 0 fully saturated rings. The number of rotatable bonds is 3. The van der Waals surface area contributed by atoms with Crippen LogP contribution in [0.5, 0.6) is 0 Å². The molecule has 0 heterocycles. The van der Waals surface area contributed by atoms with E-state index in [1.807, 2.05) is 12.1 Å². The molecule has 0 aliphatic rings. The van der Waals surface area contributed by atoms with Crippen molar-refractivity contribution in [3.05, 3.63) is 35.6 Å². The number of nitrogens with one attached hydrogen (secondary N) is 1. The molecule has 0 aromatic heterocycles. The molecule has 0 saturated heterocycles. The van der Waals surface area contributed by atoms with Gasteiger partial charge in [0.25, 0.3) is 0 Å². The molecule has 0 spiro atoms. The topological polar surface area (TPSA) is 12.0 Å². The van der Waals surface area contributed by atoms with E-state index < -0.39 is 0 Å². The van der Waals surface area contributed by atoms with Crippen molar-refractivity contribution in [2.24, 2.45) is 0 Å². The SMILES string of the molecule is CC(C)(C)NCCc1ccc(F)cc1. The first-order valence-electron chi connectivity index (χ1n) is 4.97. The van der Waals surface area contributed by atoms with E-state index in [-0.39, 0.29) is 11.4 Å². The van der Waals surface area contributed by atoms with Crippen molar-refractivity contribution < 1.29 is 4.39 Å². The van der Waals surface area contributed by atoms with E-state index in [1.54, 1.807) is 0 Å². The minimum absolute atomic E-state index is 0.153. The van der Waals surface area contributed by atoms with Crippen LogP contribution >= 0.6 is 0 Å². The van der Waals surface area contributed by atoms with Crippen LogP contribution in [0.25, 0.3) is 0 Å². The van der Waals surface area contributed by atoms with Gasteiger partial charge in [-0.3, -0.25) is 0 Å². The first-order valence-corrected chi connectivity index (χ1v) is 4.97. The highest BCUT2D eigenvalue weighted by Gasteiger charge is 2.07. The fourth-order valence-corrected chi connectivity index (χ4v) is 1.23. The Hall–Kier alpha value is -0.890. The summed E-state index contributed by atoms with van der Waals surface area (Å²) in [4.78, 5) is 0. The van der Waals surface area contributed by atoms with Gasteiger partial charge in [-0.25, -0.2) is 4.39 Å². The number of benzene rings is 1. The molecule has 0 aliphatic heterocycles. The van der Waals surface area contributed by atoms with Gasteiger partial charge in [0, 0.05) is 5.54 Å². The Kier molecular flexibility index (Phi) is 3.64. The molecule has 1 N–H and O–H groups in total. The maximum atomic E-state index is 12.6. The van der Waals surface area contributed by atoms with Crippen molar-refractivity contribution in [1.29, 1.82) is 0 Å². The van der Waals surface area contributed by atoms with Gasteiger partial charge in [0.15, 0.2) is 0 Å². The fraction of sp³-hybridized carbons (Fsp3) is 0.500. The molecule has 0 unspecified atom stereocenters. The zero-order chi connectivity index (χ0) is 10.6. The predicted octanol–water partition coefficient (Wildman–Crippen LogP) is 2.76. The molecular formula is C12H18FN. The van der Waals surface area contributed by atoms with Crippen LogP contribution in [0.4, 0.5) is 4.39 Å². The molecule has 2 heteroatoms. The maximum absolute atomic E-state index is 12.6. The fourth-order valence-electron chi connectivity index (χ4n) is 1.23. The van der Waals surface area contributed by atoms with Crippen LogP contribution in [-0.4, -0.2) is 12.1 Å². The smallest absolute Gasteiger partial charge is 0.123 e. The highest BCUT2D eigenvalue weighted by molar-refractivity contribution is 5.16. The second kappa shape index (κ2) is 4.56. The summed E-state index contributed by atoms with van der Waals surface area (Å²) in [5.41, 5.74) is 1.32. The van der Waals surface area contributed by atoms with Crippen molar-refractivity contribution in [3.63, 3.8) is 0 Å². The van der Waals surface area contributed by atoms with Gasteiger partial charge >= 0.3 is 0 Å². The summed E-state index contributed by atoms with van der Waals surface area (Å²) < 4.78 is 12.6. The van der Waals surface area contributed by atoms with Crippen LogP contribution in [0.3, 0.4) is 0 Å². The molecule has 0 atom stereocenters. The zero-order valence-corrected chi connectivity index (χ0v) is 9.10. The maximum Gasteiger partial charge on any atom is 0.123 e. The monoisotopic (exact) mass is 195 g/mol. The van der Waals surface area contributed by atoms with Crippen LogP contribution in [-0.2, 0) is 6.42 Å². The Morgan fingerprint density at radius 2 is 1.71 bits per heavy atom. The van der Waals surface area contributed by atoms with Crippen molar-refractivity contribution in [2.45, 2.75) is 32.7 Å². The van der Waals surface area contributed by atoms with Crippen LogP contribution in [0.15, 0.2) is 24.3 Å². The molecule has 1 rings (SSSR count). The molecule has 0 radical (unpaired) electrons. The van der Waals surface area contributed by atoms with E-state index in [2.05, 4.69) is 26.1 Å². The third-order valence-electron chi connectivity index (χ3n) is 1.98. The quantitative estimate of drug-likeness (QED) is 0.782. The molecule has 0 aliphatic carbocycles. The number of hydrogen-bond acceptors (Lipinski definition) is 1. The second-order valence-corrected chi connectivity index (χ2v) is 4.55. The third kappa shape index (κ3) is 4.38. The summed E-state index contributed by atoms with van der Waals surface area (Å²) in [5, 5.41) is 3.39. The van der Waals surface area contributed by atoms with Gasteiger partial charge in [-0.05, 0) is 51.4 Å². The van der Waals surface area contributed by atoms with Crippen molar-refractivity contribution in [1.82, 2.24) is 5.32 Å². The number of hydrogen-bond donors (Lipinski definition) is 1. The third-order valence-corrected chi connectivity index (χ3v) is 1.98. The molecule has 1 aromatic carbocycles. The lowest BCUT2D eigenvalue weighted by molar-refractivity contribution is 0.429. The van der Waals surface area contributed by atoms with E-state index in [0.717, 1.165) is 13.0 Å². The van der Waals surface area contributed by atoms with Gasteiger partial charge in [-0.15, -0.1) is 0 Å². The summed E-state index contributed by atoms with van der Waals surface area (Å²) in [5.74, 6) is -0.169. The van der Waals surface area contributed by atoms with Gasteiger partial charge < -0.3 is 5.32 Å². The average molecular weight is 195 g/mol. The van der Waals surface area contributed by atoms with E-state index in [9.17, 15) is 4.39 Å². The molecule has 0 saturated carbocycles. The van der Waals surface area contributed by atoms with Crippen LogP contribution < -0.4 is 5.32 Å². The lowest BCUT2D eigenvalue weighted by atomic mass is 10.1. The van der Waals surface area contributed by atoms with Crippen molar-refractivity contribution >= 4 is 0 Å². The summed E-state index contributed by atoms with van der Waals surface area (Å²) in [6.45, 7) is 7.34. The Balaban J connectivity index is 2.35. The largest absolute Gasteiger partial charge is 0.312 e. The van der Waals surface area contributed by atoms with Crippen molar-refractivity contribution in [3.8, 4) is 0 Å². The Morgan fingerprint density at radius 1 is 1.14 bits per heavy atom. The summed E-state index contributed by atoms with van der Waals surface area (Å²) in [7, 11) is 0. The second-order valence-electron chi connectivity index (χ2n) is 4.55. The summed E-state index contributed by atoms with van der Waals surface area (Å²) in [6, 6.07) is 6.68. The minimum Gasteiger partial charge on any atom is -0.312 e. The Bertz CT molecular complexity index is 271. The summed E-state index contributed by atoms with van der Waals surface area (Å²) in [6.07, 6.45) is 0.942. The first-order chi connectivity index (χ1) is 6.47. The van der Waals surface area contributed by atoms with Gasteiger partial charge in [0.1, 0.15) is 5.82 Å². The molecule has 0 bridgehead atoms. The number of halogens is 1. The zero-order valence-electron chi connectivity index (χ0n) is 9.10. The van der Waals surface area contributed by atoms with Crippen LogP contribution in [0.1, 0.15) is 26.3 Å². The molecule has 1 nitrogen and oxygen atoms in total. The molecular weight excluding hydrogens is 177 g/mol. The lowest BCUT2D eigenvalue weighted by Gasteiger charge is -2.20. The molecule has 78 valence electrons. The normalized spacial score (nSPS) is 11.7. The van der Waals surface area contributed by atoms with Crippen LogP contribution in [0.2, 0.25) is 0 Å².